The van der Waals surface area contributed by atoms with Crippen molar-refractivity contribution in [3.8, 4) is 0 Å². The molecule has 1 atom stereocenters. The van der Waals surface area contributed by atoms with Crippen molar-refractivity contribution in [3.05, 3.63) is 0 Å². The quantitative estimate of drug-likeness (QED) is 0.0381. The zero-order valence-corrected chi connectivity index (χ0v) is 29.4. The SMILES string of the molecule is CCCCCCCCCCCCCCCCCCCCCC(=O)C[C@@H](CCCN=C(N)N)C(=O)NCCCCCCC.Cl. The molecule has 0 saturated heterocycles. The molecule has 7 heteroatoms. The van der Waals surface area contributed by atoms with Gasteiger partial charge in [0.15, 0.2) is 5.96 Å². The third-order valence-electron chi connectivity index (χ3n) is 8.49. The summed E-state index contributed by atoms with van der Waals surface area (Å²) in [6.45, 7) is 5.68. The number of hydrogen-bond donors (Lipinski definition) is 3. The Morgan fingerprint density at radius 3 is 1.40 bits per heavy atom. The van der Waals surface area contributed by atoms with E-state index in [2.05, 4.69) is 24.2 Å². The Morgan fingerprint density at radius 1 is 0.581 bits per heavy atom. The van der Waals surface area contributed by atoms with Crippen LogP contribution < -0.4 is 16.8 Å². The van der Waals surface area contributed by atoms with Crippen molar-refractivity contribution in [2.45, 2.75) is 194 Å². The normalized spacial score (nSPS) is 11.6. The van der Waals surface area contributed by atoms with Gasteiger partial charge in [-0.05, 0) is 25.7 Å². The Hall–Kier alpha value is -1.30. The average molecular weight is 629 g/mol. The molecule has 0 aromatic heterocycles. The van der Waals surface area contributed by atoms with Gasteiger partial charge in [0.2, 0.25) is 5.91 Å². The summed E-state index contributed by atoms with van der Waals surface area (Å²) in [6.07, 6.45) is 33.7. The van der Waals surface area contributed by atoms with Crippen molar-refractivity contribution in [1.29, 1.82) is 0 Å². The lowest BCUT2D eigenvalue weighted by atomic mass is 9.93. The monoisotopic (exact) mass is 629 g/mol. The van der Waals surface area contributed by atoms with E-state index in [1.165, 1.54) is 128 Å². The van der Waals surface area contributed by atoms with Gasteiger partial charge in [0, 0.05) is 31.8 Å². The van der Waals surface area contributed by atoms with Gasteiger partial charge in [0.25, 0.3) is 0 Å². The molecule has 0 radical (unpaired) electrons. The number of nitrogens with two attached hydrogens (primary N) is 2. The standard InChI is InChI=1S/C36H72N4O2.ClH/c1-3-5-7-9-10-11-12-13-14-15-16-17-18-19-20-21-22-23-25-29-34(41)32-33(28-27-31-40-36(37)38)35(42)39-30-26-24-8-6-4-2;/h33H,3-32H2,1-2H3,(H,39,42)(H4,37,38,40);1H/t33-;/m1./s1. The predicted octanol–water partition coefficient (Wildman–Crippen LogP) is 9.95. The molecule has 256 valence electrons. The molecule has 5 N–H and O–H groups in total. The van der Waals surface area contributed by atoms with Crippen molar-refractivity contribution in [3.63, 3.8) is 0 Å². The van der Waals surface area contributed by atoms with Crippen LogP contribution in [-0.4, -0.2) is 30.7 Å². The van der Waals surface area contributed by atoms with E-state index in [4.69, 9.17) is 11.5 Å². The number of nitrogens with zero attached hydrogens (tertiary/aromatic N) is 1. The highest BCUT2D eigenvalue weighted by atomic mass is 35.5. The van der Waals surface area contributed by atoms with E-state index < -0.39 is 0 Å². The fourth-order valence-electron chi connectivity index (χ4n) is 5.73. The van der Waals surface area contributed by atoms with Crippen LogP contribution in [0.25, 0.3) is 0 Å². The van der Waals surface area contributed by atoms with Gasteiger partial charge in [0.1, 0.15) is 5.78 Å². The van der Waals surface area contributed by atoms with Crippen LogP contribution in [0.2, 0.25) is 0 Å². The van der Waals surface area contributed by atoms with Gasteiger partial charge >= 0.3 is 0 Å². The van der Waals surface area contributed by atoms with Crippen LogP contribution in [0.1, 0.15) is 194 Å². The second-order valence-electron chi connectivity index (χ2n) is 12.7. The molecule has 0 spiro atoms. The predicted molar refractivity (Wildman–Crippen MR) is 190 cm³/mol. The summed E-state index contributed by atoms with van der Waals surface area (Å²) in [5.41, 5.74) is 10.8. The number of ketones is 1. The summed E-state index contributed by atoms with van der Waals surface area (Å²) in [5, 5.41) is 3.07. The van der Waals surface area contributed by atoms with Gasteiger partial charge in [-0.25, -0.2) is 0 Å². The second kappa shape index (κ2) is 35.2. The number of nitrogens with one attached hydrogen (secondary N) is 1. The minimum Gasteiger partial charge on any atom is -0.370 e. The summed E-state index contributed by atoms with van der Waals surface area (Å²) in [6, 6.07) is 0. The summed E-state index contributed by atoms with van der Waals surface area (Å²) in [5.74, 6) is 0.0229. The highest BCUT2D eigenvalue weighted by Crippen LogP contribution is 2.17. The highest BCUT2D eigenvalue weighted by molar-refractivity contribution is 5.86. The summed E-state index contributed by atoms with van der Waals surface area (Å²) < 4.78 is 0. The largest absolute Gasteiger partial charge is 0.370 e. The molecule has 1 amide bonds. The van der Waals surface area contributed by atoms with E-state index in [9.17, 15) is 9.59 Å². The molecule has 0 unspecified atom stereocenters. The number of aliphatic imine (C=N–C) groups is 1. The molecule has 6 nitrogen and oxygen atoms in total. The highest BCUT2D eigenvalue weighted by Gasteiger charge is 2.21. The van der Waals surface area contributed by atoms with Crippen molar-refractivity contribution in [2.24, 2.45) is 22.4 Å². The number of amides is 1. The lowest BCUT2D eigenvalue weighted by Gasteiger charge is -2.16. The number of carbonyl (C=O) groups excluding carboxylic acids is 2. The van der Waals surface area contributed by atoms with Gasteiger partial charge in [0.05, 0.1) is 0 Å². The lowest BCUT2D eigenvalue weighted by Crippen LogP contribution is -2.33. The van der Waals surface area contributed by atoms with E-state index in [-0.39, 0.29) is 36.0 Å². The Morgan fingerprint density at radius 2 is 0.977 bits per heavy atom. The van der Waals surface area contributed by atoms with E-state index in [0.717, 1.165) is 25.7 Å². The third kappa shape index (κ3) is 33.4. The van der Waals surface area contributed by atoms with E-state index in [0.29, 0.717) is 38.8 Å². The Balaban J connectivity index is 0. The zero-order valence-electron chi connectivity index (χ0n) is 28.6. The van der Waals surface area contributed by atoms with Crippen molar-refractivity contribution in [1.82, 2.24) is 5.32 Å². The van der Waals surface area contributed by atoms with Gasteiger partial charge in [-0.3, -0.25) is 14.6 Å². The number of halogens is 1. The topological polar surface area (TPSA) is 111 Å². The Labute approximate surface area is 273 Å². The minimum atomic E-state index is -0.275. The maximum atomic E-state index is 12.8. The van der Waals surface area contributed by atoms with Crippen LogP contribution in [0, 0.1) is 5.92 Å². The molecule has 0 aliphatic heterocycles. The first-order valence-corrected chi connectivity index (χ1v) is 18.4. The van der Waals surface area contributed by atoms with Crippen molar-refractivity contribution in [2.75, 3.05) is 13.1 Å². The molecule has 0 aromatic rings. The van der Waals surface area contributed by atoms with E-state index in [1.807, 2.05) is 0 Å². The van der Waals surface area contributed by atoms with Crippen LogP contribution in [0.3, 0.4) is 0 Å². The third-order valence-corrected chi connectivity index (χ3v) is 8.49. The molecular weight excluding hydrogens is 556 g/mol. The molecule has 0 rings (SSSR count). The number of hydrogen-bond acceptors (Lipinski definition) is 3. The van der Waals surface area contributed by atoms with Crippen LogP contribution in [0.4, 0.5) is 0 Å². The molecule has 0 aliphatic rings. The lowest BCUT2D eigenvalue weighted by molar-refractivity contribution is -0.129. The molecule has 0 fully saturated rings. The first-order valence-electron chi connectivity index (χ1n) is 18.4. The Kier molecular flexibility index (Phi) is 35.9. The van der Waals surface area contributed by atoms with Gasteiger partial charge < -0.3 is 16.8 Å². The van der Waals surface area contributed by atoms with E-state index in [1.54, 1.807) is 0 Å². The molecule has 0 aromatic carbocycles. The van der Waals surface area contributed by atoms with Crippen LogP contribution in [-0.2, 0) is 9.59 Å². The number of carbonyl (C=O) groups is 2. The second-order valence-corrected chi connectivity index (χ2v) is 12.7. The average Bonchev–Trinajstić information content (AvgIpc) is 2.97. The molecule has 0 heterocycles. The summed E-state index contributed by atoms with van der Waals surface area (Å²) in [4.78, 5) is 29.5. The van der Waals surface area contributed by atoms with Gasteiger partial charge in [-0.2, -0.15) is 0 Å². The molecule has 43 heavy (non-hydrogen) atoms. The van der Waals surface area contributed by atoms with Crippen molar-refractivity contribution >= 4 is 30.1 Å². The summed E-state index contributed by atoms with van der Waals surface area (Å²) in [7, 11) is 0. The fourth-order valence-corrected chi connectivity index (χ4v) is 5.73. The van der Waals surface area contributed by atoms with Crippen LogP contribution in [0.5, 0.6) is 0 Å². The number of rotatable bonds is 33. The number of unbranched alkanes of at least 4 members (excludes halogenated alkanes) is 22. The van der Waals surface area contributed by atoms with Crippen LogP contribution >= 0.6 is 12.4 Å². The first kappa shape index (κ1) is 43.8. The maximum Gasteiger partial charge on any atom is 0.223 e. The zero-order chi connectivity index (χ0) is 30.9. The van der Waals surface area contributed by atoms with E-state index >= 15 is 0 Å². The molecular formula is C36H73ClN4O2. The van der Waals surface area contributed by atoms with Crippen molar-refractivity contribution < 1.29 is 9.59 Å². The van der Waals surface area contributed by atoms with Gasteiger partial charge in [-0.15, -0.1) is 12.4 Å². The fraction of sp³-hybridized carbons (Fsp3) is 0.917. The number of Topliss-reactive ketones (excluding diaryl/α,β-unsaturated/α-hetero) is 1. The first-order chi connectivity index (χ1) is 20.5. The van der Waals surface area contributed by atoms with Crippen LogP contribution in [0.15, 0.2) is 4.99 Å². The minimum absolute atomic E-state index is 0. The maximum absolute atomic E-state index is 12.8. The van der Waals surface area contributed by atoms with Gasteiger partial charge in [-0.1, -0.05) is 155 Å². The smallest absolute Gasteiger partial charge is 0.223 e. The molecule has 0 bridgehead atoms. The molecule has 0 aliphatic carbocycles. The summed E-state index contributed by atoms with van der Waals surface area (Å²) >= 11 is 0. The Bertz CT molecular complexity index is 641. The number of guanidine groups is 1. The molecule has 0 saturated carbocycles.